The number of methoxy groups -OCH3 is 1. The largest absolute Gasteiger partial charge is 0.482 e. The molecular formula is C15H23N3O3. The Morgan fingerprint density at radius 1 is 1.48 bits per heavy atom. The number of carbonyl (C=O) groups excluding carboxylic acids is 1. The number of likely N-dealkylation sites (N-methyl/N-ethyl adjacent to an activating group) is 1. The molecule has 6 nitrogen and oxygen atoms in total. The van der Waals surface area contributed by atoms with Crippen molar-refractivity contribution < 1.29 is 14.3 Å². The molecule has 1 N–H and O–H groups in total. The molecule has 1 amide bonds. The van der Waals surface area contributed by atoms with Crippen LogP contribution in [0.2, 0.25) is 0 Å². The molecule has 2 rings (SSSR count). The Kier molecular flexibility index (Phi) is 5.95. The van der Waals surface area contributed by atoms with Crippen LogP contribution in [0.4, 0.5) is 0 Å². The highest BCUT2D eigenvalue weighted by Gasteiger charge is 2.29. The van der Waals surface area contributed by atoms with Crippen molar-refractivity contribution in [1.82, 2.24) is 15.2 Å². The first-order valence-corrected chi connectivity index (χ1v) is 7.23. The second kappa shape index (κ2) is 7.95. The monoisotopic (exact) mass is 293 g/mol. The van der Waals surface area contributed by atoms with Gasteiger partial charge in [0.25, 0.3) is 5.91 Å². The zero-order valence-electron chi connectivity index (χ0n) is 12.7. The first-order valence-electron chi connectivity index (χ1n) is 7.23. The Balaban J connectivity index is 1.70. The van der Waals surface area contributed by atoms with E-state index in [0.717, 1.165) is 25.1 Å². The summed E-state index contributed by atoms with van der Waals surface area (Å²) in [4.78, 5) is 17.9. The van der Waals surface area contributed by atoms with Crippen molar-refractivity contribution in [1.29, 1.82) is 0 Å². The number of nitrogens with one attached hydrogen (secondary N) is 1. The molecular weight excluding hydrogens is 270 g/mol. The molecule has 0 spiro atoms. The van der Waals surface area contributed by atoms with Gasteiger partial charge in [0, 0.05) is 33.3 Å². The smallest absolute Gasteiger partial charge is 0.260 e. The summed E-state index contributed by atoms with van der Waals surface area (Å²) in [6, 6.07) is 4.15. The highest BCUT2D eigenvalue weighted by atomic mass is 16.5. The zero-order chi connectivity index (χ0) is 15.1. The van der Waals surface area contributed by atoms with E-state index in [1.165, 1.54) is 0 Å². The van der Waals surface area contributed by atoms with Crippen molar-refractivity contribution in [2.75, 3.05) is 33.9 Å². The molecule has 0 unspecified atom stereocenters. The highest BCUT2D eigenvalue weighted by Crippen LogP contribution is 2.25. The Bertz CT molecular complexity index is 446. The maximum absolute atomic E-state index is 11.8. The molecule has 1 aliphatic carbocycles. The van der Waals surface area contributed by atoms with Crippen LogP contribution in [0, 0.1) is 0 Å². The van der Waals surface area contributed by atoms with E-state index < -0.39 is 0 Å². The van der Waals surface area contributed by atoms with E-state index in [1.54, 1.807) is 18.2 Å². The first-order chi connectivity index (χ1) is 10.2. The first kappa shape index (κ1) is 15.7. The summed E-state index contributed by atoms with van der Waals surface area (Å²) < 4.78 is 10.4. The summed E-state index contributed by atoms with van der Waals surface area (Å²) in [6.45, 7) is 2.23. The fraction of sp³-hybridized carbons (Fsp3) is 0.600. The maximum Gasteiger partial charge on any atom is 0.260 e. The molecule has 116 valence electrons. The standard InChI is InChI=1S/C15H23N3O3/c1-18(13-4-5-13)15(19)11-21-14-6-3-12(17-10-14)9-16-7-8-20-2/h3,6,10,13,16H,4-5,7-9,11H2,1-2H3. The Morgan fingerprint density at radius 3 is 2.90 bits per heavy atom. The number of amides is 1. The summed E-state index contributed by atoms with van der Waals surface area (Å²) in [5, 5.41) is 3.22. The molecule has 21 heavy (non-hydrogen) atoms. The van der Waals surface area contributed by atoms with Crippen LogP contribution in [0.3, 0.4) is 0 Å². The van der Waals surface area contributed by atoms with Gasteiger partial charge >= 0.3 is 0 Å². The summed E-state index contributed by atoms with van der Waals surface area (Å²) in [5.74, 6) is 0.635. The van der Waals surface area contributed by atoms with Gasteiger partial charge in [0.05, 0.1) is 18.5 Å². The van der Waals surface area contributed by atoms with E-state index in [9.17, 15) is 4.79 Å². The van der Waals surface area contributed by atoms with Crippen LogP contribution in [-0.2, 0) is 16.1 Å². The molecule has 0 radical (unpaired) electrons. The van der Waals surface area contributed by atoms with Gasteiger partial charge in [-0.1, -0.05) is 0 Å². The van der Waals surface area contributed by atoms with Gasteiger partial charge < -0.3 is 19.7 Å². The number of nitrogens with zero attached hydrogens (tertiary/aromatic N) is 2. The van der Waals surface area contributed by atoms with Crippen LogP contribution in [0.5, 0.6) is 5.75 Å². The second-order valence-electron chi connectivity index (χ2n) is 5.18. The summed E-state index contributed by atoms with van der Waals surface area (Å²) in [6.07, 6.45) is 3.86. The predicted molar refractivity (Wildman–Crippen MR) is 79.1 cm³/mol. The van der Waals surface area contributed by atoms with Crippen molar-refractivity contribution >= 4 is 5.91 Å². The van der Waals surface area contributed by atoms with Gasteiger partial charge in [-0.05, 0) is 25.0 Å². The van der Waals surface area contributed by atoms with Crippen molar-refractivity contribution in [2.45, 2.75) is 25.4 Å². The molecule has 1 heterocycles. The summed E-state index contributed by atoms with van der Waals surface area (Å²) >= 11 is 0. The lowest BCUT2D eigenvalue weighted by atomic mass is 10.3. The third-order valence-electron chi connectivity index (χ3n) is 3.44. The number of hydrogen-bond donors (Lipinski definition) is 1. The third-order valence-corrected chi connectivity index (χ3v) is 3.44. The van der Waals surface area contributed by atoms with Gasteiger partial charge in [-0.2, -0.15) is 0 Å². The molecule has 1 fully saturated rings. The quantitative estimate of drug-likeness (QED) is 0.683. The molecule has 0 atom stereocenters. The molecule has 1 aromatic rings. The minimum Gasteiger partial charge on any atom is -0.482 e. The molecule has 1 aromatic heterocycles. The summed E-state index contributed by atoms with van der Waals surface area (Å²) in [7, 11) is 3.50. The highest BCUT2D eigenvalue weighted by molar-refractivity contribution is 5.78. The molecule has 1 aliphatic rings. The molecule has 0 bridgehead atoms. The van der Waals surface area contributed by atoms with Crippen molar-refractivity contribution in [2.24, 2.45) is 0 Å². The minimum absolute atomic E-state index is 0.0165. The molecule has 0 saturated heterocycles. The average Bonchev–Trinajstić information content (AvgIpc) is 3.34. The second-order valence-corrected chi connectivity index (χ2v) is 5.18. The maximum atomic E-state index is 11.8. The van der Waals surface area contributed by atoms with Crippen molar-refractivity contribution in [3.63, 3.8) is 0 Å². The number of carbonyl (C=O) groups is 1. The van der Waals surface area contributed by atoms with Gasteiger partial charge in [0.15, 0.2) is 6.61 Å². The SMILES string of the molecule is COCCNCc1ccc(OCC(=O)N(C)C2CC2)cn1. The Hall–Kier alpha value is -1.66. The Labute approximate surface area is 125 Å². The predicted octanol–water partition coefficient (Wildman–Crippen LogP) is 0.817. The van der Waals surface area contributed by atoms with Crippen LogP contribution in [0.1, 0.15) is 18.5 Å². The van der Waals surface area contributed by atoms with Crippen LogP contribution < -0.4 is 10.1 Å². The van der Waals surface area contributed by atoms with Crippen molar-refractivity contribution in [3.05, 3.63) is 24.0 Å². The van der Waals surface area contributed by atoms with E-state index in [2.05, 4.69) is 10.3 Å². The van der Waals surface area contributed by atoms with Crippen LogP contribution in [0.25, 0.3) is 0 Å². The number of rotatable bonds is 9. The van der Waals surface area contributed by atoms with E-state index in [1.807, 2.05) is 19.2 Å². The normalized spacial score (nSPS) is 14.0. The third kappa shape index (κ3) is 5.32. The number of hydrogen-bond acceptors (Lipinski definition) is 5. The van der Waals surface area contributed by atoms with Crippen LogP contribution in [-0.4, -0.2) is 55.7 Å². The van der Waals surface area contributed by atoms with Gasteiger partial charge in [-0.3, -0.25) is 9.78 Å². The number of pyridine rings is 1. The zero-order valence-corrected chi connectivity index (χ0v) is 12.7. The van der Waals surface area contributed by atoms with E-state index in [0.29, 0.717) is 24.9 Å². The van der Waals surface area contributed by atoms with Crippen LogP contribution >= 0.6 is 0 Å². The van der Waals surface area contributed by atoms with Gasteiger partial charge in [-0.15, -0.1) is 0 Å². The lowest BCUT2D eigenvalue weighted by Crippen LogP contribution is -2.33. The fourth-order valence-corrected chi connectivity index (χ4v) is 1.90. The lowest BCUT2D eigenvalue weighted by molar-refractivity contribution is -0.132. The van der Waals surface area contributed by atoms with Gasteiger partial charge in [0.1, 0.15) is 5.75 Å². The van der Waals surface area contributed by atoms with Gasteiger partial charge in [-0.25, -0.2) is 0 Å². The minimum atomic E-state index is 0.0165. The molecule has 0 aromatic carbocycles. The fourth-order valence-electron chi connectivity index (χ4n) is 1.90. The lowest BCUT2D eigenvalue weighted by Gasteiger charge is -2.16. The Morgan fingerprint density at radius 2 is 2.29 bits per heavy atom. The van der Waals surface area contributed by atoms with E-state index >= 15 is 0 Å². The topological polar surface area (TPSA) is 63.7 Å². The number of ether oxygens (including phenoxy) is 2. The van der Waals surface area contributed by atoms with Crippen molar-refractivity contribution in [3.8, 4) is 5.75 Å². The van der Waals surface area contributed by atoms with E-state index in [-0.39, 0.29) is 12.5 Å². The molecule has 6 heteroatoms. The summed E-state index contributed by atoms with van der Waals surface area (Å²) in [5.41, 5.74) is 0.930. The van der Waals surface area contributed by atoms with E-state index in [4.69, 9.17) is 9.47 Å². The molecule has 1 saturated carbocycles. The molecule has 0 aliphatic heterocycles. The average molecular weight is 293 g/mol. The number of aromatic nitrogens is 1. The van der Waals surface area contributed by atoms with Crippen LogP contribution in [0.15, 0.2) is 18.3 Å². The van der Waals surface area contributed by atoms with Gasteiger partial charge in [0.2, 0.25) is 0 Å².